The van der Waals surface area contributed by atoms with Gasteiger partial charge in [-0.25, -0.2) is 0 Å². The Labute approximate surface area is 117 Å². The summed E-state index contributed by atoms with van der Waals surface area (Å²) in [6.45, 7) is 6.12. The van der Waals surface area contributed by atoms with Gasteiger partial charge in [-0.1, -0.05) is 19.9 Å². The molecule has 0 aliphatic carbocycles. The fraction of sp³-hybridized carbons (Fsp3) is 0.375. The van der Waals surface area contributed by atoms with Crippen molar-refractivity contribution in [3.63, 3.8) is 0 Å². The third kappa shape index (κ3) is 2.74. The van der Waals surface area contributed by atoms with Crippen LogP contribution < -0.4 is 5.56 Å². The van der Waals surface area contributed by atoms with Gasteiger partial charge in [0.25, 0.3) is 5.56 Å². The van der Waals surface area contributed by atoms with Crippen molar-refractivity contribution in [2.45, 2.75) is 39.5 Å². The second-order valence-corrected chi connectivity index (χ2v) is 5.41. The molecule has 2 N–H and O–H groups in total. The van der Waals surface area contributed by atoms with Crippen molar-refractivity contribution in [3.05, 3.63) is 45.2 Å². The molecule has 4 heteroatoms. The van der Waals surface area contributed by atoms with E-state index in [-0.39, 0.29) is 18.4 Å². The molecule has 2 aromatic rings. The number of aliphatic carboxylic acids is 1. The van der Waals surface area contributed by atoms with Crippen LogP contribution in [0.5, 0.6) is 0 Å². The Balaban J connectivity index is 2.59. The van der Waals surface area contributed by atoms with Gasteiger partial charge in [0.1, 0.15) is 0 Å². The van der Waals surface area contributed by atoms with Crippen LogP contribution in [-0.2, 0) is 11.2 Å². The summed E-state index contributed by atoms with van der Waals surface area (Å²) in [6, 6.07) is 6.01. The zero-order valence-corrected chi connectivity index (χ0v) is 12.0. The number of carboxylic acids is 1. The van der Waals surface area contributed by atoms with Crippen molar-refractivity contribution in [1.82, 2.24) is 4.98 Å². The van der Waals surface area contributed by atoms with E-state index in [9.17, 15) is 9.59 Å². The van der Waals surface area contributed by atoms with Crippen LogP contribution in [0, 0.1) is 6.92 Å². The lowest BCUT2D eigenvalue weighted by atomic mass is 9.96. The smallest absolute Gasteiger partial charge is 0.303 e. The van der Waals surface area contributed by atoms with Gasteiger partial charge < -0.3 is 10.1 Å². The lowest BCUT2D eigenvalue weighted by Crippen LogP contribution is -2.16. The maximum Gasteiger partial charge on any atom is 0.303 e. The topological polar surface area (TPSA) is 70.2 Å². The number of hydrogen-bond donors (Lipinski definition) is 2. The van der Waals surface area contributed by atoms with E-state index in [1.807, 2.05) is 19.1 Å². The number of carboxylic acid groups (broad SMARTS) is 1. The predicted octanol–water partition coefficient (Wildman–Crippen LogP) is 2.98. The van der Waals surface area contributed by atoms with Crippen molar-refractivity contribution in [2.75, 3.05) is 0 Å². The van der Waals surface area contributed by atoms with Crippen LogP contribution in [0.25, 0.3) is 10.9 Å². The number of hydrogen-bond acceptors (Lipinski definition) is 2. The number of benzene rings is 1. The van der Waals surface area contributed by atoms with E-state index in [4.69, 9.17) is 5.11 Å². The molecule has 2 rings (SSSR count). The third-order valence-electron chi connectivity index (χ3n) is 3.68. The first-order valence-corrected chi connectivity index (χ1v) is 6.77. The summed E-state index contributed by atoms with van der Waals surface area (Å²) < 4.78 is 0. The molecule has 0 saturated heterocycles. The number of aromatic nitrogens is 1. The summed E-state index contributed by atoms with van der Waals surface area (Å²) in [5.74, 6) is -0.479. The van der Waals surface area contributed by atoms with Crippen LogP contribution in [0.1, 0.15) is 42.9 Å². The van der Waals surface area contributed by atoms with Crippen LogP contribution in [0.2, 0.25) is 0 Å². The van der Waals surface area contributed by atoms with Crippen molar-refractivity contribution < 1.29 is 9.90 Å². The minimum atomic E-state index is -0.889. The predicted molar refractivity (Wildman–Crippen MR) is 79.4 cm³/mol. The minimum absolute atomic E-state index is 0.0285. The molecular formula is C16H19NO3. The molecule has 0 fully saturated rings. The molecule has 0 aliphatic heterocycles. The lowest BCUT2D eigenvalue weighted by molar-refractivity contribution is -0.136. The number of aromatic amines is 1. The number of pyridine rings is 1. The largest absolute Gasteiger partial charge is 0.481 e. The molecule has 20 heavy (non-hydrogen) atoms. The number of rotatable bonds is 4. The van der Waals surface area contributed by atoms with Gasteiger partial charge in [-0.15, -0.1) is 0 Å². The lowest BCUT2D eigenvalue weighted by Gasteiger charge is -2.11. The van der Waals surface area contributed by atoms with Gasteiger partial charge in [0.15, 0.2) is 0 Å². The first kappa shape index (κ1) is 14.3. The highest BCUT2D eigenvalue weighted by Gasteiger charge is 2.11. The van der Waals surface area contributed by atoms with Crippen LogP contribution in [0.15, 0.2) is 23.0 Å². The molecule has 0 saturated carbocycles. The number of H-pyrrole nitrogens is 1. The molecule has 1 heterocycles. The summed E-state index contributed by atoms with van der Waals surface area (Å²) in [5, 5.41) is 9.77. The Hall–Kier alpha value is -2.10. The first-order chi connectivity index (χ1) is 9.40. The second kappa shape index (κ2) is 5.49. The van der Waals surface area contributed by atoms with Gasteiger partial charge in [-0.3, -0.25) is 9.59 Å². The van der Waals surface area contributed by atoms with E-state index in [0.717, 1.165) is 16.5 Å². The van der Waals surface area contributed by atoms with E-state index in [1.54, 1.807) is 0 Å². The Bertz CT molecular complexity index is 713. The van der Waals surface area contributed by atoms with Gasteiger partial charge >= 0.3 is 5.97 Å². The Kier molecular flexibility index (Phi) is 3.93. The molecule has 1 aromatic carbocycles. The Morgan fingerprint density at radius 3 is 2.65 bits per heavy atom. The summed E-state index contributed by atoms with van der Waals surface area (Å²) >= 11 is 0. The van der Waals surface area contributed by atoms with Gasteiger partial charge in [0.2, 0.25) is 0 Å². The first-order valence-electron chi connectivity index (χ1n) is 6.77. The Morgan fingerprint density at radius 1 is 1.35 bits per heavy atom. The van der Waals surface area contributed by atoms with Crippen LogP contribution in [0.3, 0.4) is 0 Å². The molecular weight excluding hydrogens is 254 g/mol. The molecule has 0 unspecified atom stereocenters. The fourth-order valence-corrected chi connectivity index (χ4v) is 2.40. The average molecular weight is 273 g/mol. The fourth-order valence-electron chi connectivity index (χ4n) is 2.40. The zero-order chi connectivity index (χ0) is 14.9. The molecule has 0 radical (unpaired) electrons. The quantitative estimate of drug-likeness (QED) is 0.899. The van der Waals surface area contributed by atoms with Crippen molar-refractivity contribution in [3.8, 4) is 0 Å². The van der Waals surface area contributed by atoms with Crippen molar-refractivity contribution in [2.24, 2.45) is 0 Å². The van der Waals surface area contributed by atoms with Crippen molar-refractivity contribution >= 4 is 16.9 Å². The molecule has 0 bridgehead atoms. The normalized spacial score (nSPS) is 11.2. The standard InChI is InChI=1S/C16H19NO3/c1-9(2)11-4-6-14-13(8-11)10(3)12(16(20)17-14)5-7-15(18)19/h4,6,8-9H,5,7H2,1-3H3,(H,17,20)(H,18,19). The second-order valence-electron chi connectivity index (χ2n) is 5.41. The van der Waals surface area contributed by atoms with Crippen LogP contribution >= 0.6 is 0 Å². The highest BCUT2D eigenvalue weighted by Crippen LogP contribution is 2.23. The van der Waals surface area contributed by atoms with E-state index < -0.39 is 5.97 Å². The molecule has 4 nitrogen and oxygen atoms in total. The number of aryl methyl sites for hydroxylation is 1. The molecule has 1 aromatic heterocycles. The van der Waals surface area contributed by atoms with Crippen molar-refractivity contribution in [1.29, 1.82) is 0 Å². The van der Waals surface area contributed by atoms with Gasteiger partial charge in [-0.05, 0) is 42.5 Å². The minimum Gasteiger partial charge on any atom is -0.481 e. The Morgan fingerprint density at radius 2 is 2.05 bits per heavy atom. The number of carbonyl (C=O) groups is 1. The maximum atomic E-state index is 12.0. The molecule has 0 amide bonds. The van der Waals surface area contributed by atoms with Crippen LogP contribution in [-0.4, -0.2) is 16.1 Å². The summed E-state index contributed by atoms with van der Waals surface area (Å²) in [4.78, 5) is 25.6. The average Bonchev–Trinajstić information content (AvgIpc) is 2.37. The molecule has 106 valence electrons. The monoisotopic (exact) mass is 273 g/mol. The molecule has 0 atom stereocenters. The SMILES string of the molecule is Cc1c(CCC(=O)O)c(=O)[nH]c2ccc(C(C)C)cc12. The van der Waals surface area contributed by atoms with Crippen LogP contribution in [0.4, 0.5) is 0 Å². The third-order valence-corrected chi connectivity index (χ3v) is 3.68. The summed E-state index contributed by atoms with van der Waals surface area (Å²) in [7, 11) is 0. The van der Waals surface area contributed by atoms with E-state index in [0.29, 0.717) is 11.5 Å². The molecule has 0 spiro atoms. The number of nitrogens with one attached hydrogen (secondary N) is 1. The van der Waals surface area contributed by atoms with E-state index in [1.165, 1.54) is 5.56 Å². The molecule has 0 aliphatic rings. The van der Waals surface area contributed by atoms with Gasteiger partial charge in [-0.2, -0.15) is 0 Å². The van der Waals surface area contributed by atoms with Gasteiger partial charge in [0, 0.05) is 22.9 Å². The summed E-state index contributed by atoms with van der Waals surface area (Å²) in [6.07, 6.45) is 0.234. The van der Waals surface area contributed by atoms with E-state index >= 15 is 0 Å². The van der Waals surface area contributed by atoms with Gasteiger partial charge in [0.05, 0.1) is 0 Å². The highest BCUT2D eigenvalue weighted by molar-refractivity contribution is 5.83. The maximum absolute atomic E-state index is 12.0. The zero-order valence-electron chi connectivity index (χ0n) is 12.0. The highest BCUT2D eigenvalue weighted by atomic mass is 16.4. The number of fused-ring (bicyclic) bond motifs is 1. The summed E-state index contributed by atoms with van der Waals surface area (Å²) in [5.41, 5.74) is 3.27. The van der Waals surface area contributed by atoms with E-state index in [2.05, 4.69) is 24.9 Å².